The first-order chi connectivity index (χ1) is 20.4. The average Bonchev–Trinajstić information content (AvgIpc) is 3.58. The largest absolute Gasteiger partial charge is 0.458 e. The number of carbonyl (C=O) groups excluding carboxylic acids is 2. The molecule has 4 aliphatic rings. The van der Waals surface area contributed by atoms with E-state index >= 15 is 4.39 Å². The Bertz CT molecular complexity index is 1790. The molecule has 7 rings (SSSR count). The number of rotatable bonds is 6. The average molecular weight is 594 g/mol. The predicted octanol–water partition coefficient (Wildman–Crippen LogP) is 3.16. The molecule has 2 aromatic heterocycles. The van der Waals surface area contributed by atoms with E-state index in [2.05, 4.69) is 5.32 Å². The fraction of sp³-hybridized carbons (Fsp3) is 0.484. The van der Waals surface area contributed by atoms with Crippen molar-refractivity contribution in [2.24, 2.45) is 5.92 Å². The van der Waals surface area contributed by atoms with E-state index in [4.69, 9.17) is 23.9 Å². The number of cyclic esters (lactones) is 1. The van der Waals surface area contributed by atoms with Gasteiger partial charge >= 0.3 is 5.97 Å². The Morgan fingerprint density at radius 3 is 2.70 bits per heavy atom. The summed E-state index contributed by atoms with van der Waals surface area (Å²) in [7, 11) is 0. The Balaban J connectivity index is 1.37. The SMILES string of the molecule is CC[C@@]1(O)C(=O)OCc2c1cc1n(c2=O)Cc2c-1nc1cc3c(c(F)c1c2CNC(=O)C(OC(C)(C)C)C1CC1)OCO3. The molecule has 3 aliphatic heterocycles. The number of aliphatic hydroxyl groups is 1. The van der Waals surface area contributed by atoms with E-state index in [0.717, 1.165) is 12.8 Å². The van der Waals surface area contributed by atoms with Crippen molar-refractivity contribution in [3.8, 4) is 22.9 Å². The summed E-state index contributed by atoms with van der Waals surface area (Å²) in [6.45, 7) is 6.88. The molecule has 0 radical (unpaired) electrons. The first-order valence-corrected chi connectivity index (χ1v) is 14.5. The van der Waals surface area contributed by atoms with Crippen LogP contribution < -0.4 is 20.3 Å². The Hall–Kier alpha value is -4.03. The smallest absolute Gasteiger partial charge is 0.343 e. The second-order valence-corrected chi connectivity index (χ2v) is 12.5. The molecule has 0 spiro atoms. The van der Waals surface area contributed by atoms with E-state index in [1.165, 1.54) is 4.57 Å². The molecule has 0 saturated heterocycles. The summed E-state index contributed by atoms with van der Waals surface area (Å²) < 4.78 is 39.6. The maximum absolute atomic E-state index is 16.0. The molecule has 226 valence electrons. The lowest BCUT2D eigenvalue weighted by molar-refractivity contribution is -0.172. The van der Waals surface area contributed by atoms with Gasteiger partial charge in [-0.2, -0.15) is 0 Å². The van der Waals surface area contributed by atoms with Crippen LogP contribution in [-0.4, -0.2) is 45.0 Å². The van der Waals surface area contributed by atoms with Crippen LogP contribution in [-0.2, 0) is 44.4 Å². The lowest BCUT2D eigenvalue weighted by atomic mass is 9.86. The van der Waals surface area contributed by atoms with Gasteiger partial charge in [-0.25, -0.2) is 14.2 Å². The summed E-state index contributed by atoms with van der Waals surface area (Å²) in [6.07, 6.45) is 1.13. The second-order valence-electron chi connectivity index (χ2n) is 12.5. The summed E-state index contributed by atoms with van der Waals surface area (Å²) in [5, 5.41) is 14.3. The van der Waals surface area contributed by atoms with Gasteiger partial charge in [-0.15, -0.1) is 0 Å². The van der Waals surface area contributed by atoms with Crippen molar-refractivity contribution >= 4 is 22.8 Å². The third-order valence-electron chi connectivity index (χ3n) is 8.60. The van der Waals surface area contributed by atoms with Gasteiger partial charge in [-0.1, -0.05) is 6.92 Å². The lowest BCUT2D eigenvalue weighted by Gasteiger charge is -2.31. The van der Waals surface area contributed by atoms with Gasteiger partial charge in [0.25, 0.3) is 5.56 Å². The van der Waals surface area contributed by atoms with Gasteiger partial charge in [-0.3, -0.25) is 9.59 Å². The number of benzene rings is 1. The van der Waals surface area contributed by atoms with Crippen molar-refractivity contribution in [3.63, 3.8) is 0 Å². The first-order valence-electron chi connectivity index (χ1n) is 14.5. The Kier molecular flexibility index (Phi) is 6.13. The topological polar surface area (TPSA) is 138 Å². The molecule has 1 aromatic carbocycles. The molecule has 43 heavy (non-hydrogen) atoms. The van der Waals surface area contributed by atoms with E-state index < -0.39 is 34.7 Å². The van der Waals surface area contributed by atoms with Crippen LogP contribution in [0.3, 0.4) is 0 Å². The predicted molar refractivity (Wildman–Crippen MR) is 150 cm³/mol. The zero-order valence-corrected chi connectivity index (χ0v) is 24.3. The minimum Gasteiger partial charge on any atom is -0.458 e. The molecule has 11 nitrogen and oxygen atoms in total. The maximum Gasteiger partial charge on any atom is 0.343 e. The van der Waals surface area contributed by atoms with Crippen LogP contribution in [0.25, 0.3) is 22.3 Å². The molecule has 2 atom stereocenters. The quantitative estimate of drug-likeness (QED) is 0.323. The molecular weight excluding hydrogens is 561 g/mol. The van der Waals surface area contributed by atoms with E-state index in [0.29, 0.717) is 22.5 Å². The summed E-state index contributed by atoms with van der Waals surface area (Å²) >= 11 is 0. The van der Waals surface area contributed by atoms with Gasteiger partial charge in [-0.05, 0) is 57.6 Å². The Labute approximate surface area is 245 Å². The number of pyridine rings is 2. The molecule has 1 amide bonds. The molecule has 2 N–H and O–H groups in total. The van der Waals surface area contributed by atoms with Gasteiger partial charge < -0.3 is 33.9 Å². The highest BCUT2D eigenvalue weighted by Crippen LogP contribution is 2.45. The number of carbonyl (C=O) groups is 2. The van der Waals surface area contributed by atoms with Crippen LogP contribution in [0.4, 0.5) is 4.39 Å². The number of halogens is 1. The third-order valence-corrected chi connectivity index (χ3v) is 8.60. The number of fused-ring (bicyclic) bond motifs is 6. The second kappa shape index (κ2) is 9.48. The normalized spacial score (nSPS) is 20.8. The van der Waals surface area contributed by atoms with E-state index in [1.807, 2.05) is 20.8 Å². The summed E-state index contributed by atoms with van der Waals surface area (Å²) in [6, 6.07) is 3.16. The maximum atomic E-state index is 16.0. The molecule has 5 heterocycles. The number of hydrogen-bond donors (Lipinski definition) is 2. The van der Waals surface area contributed by atoms with Crippen molar-refractivity contribution in [2.75, 3.05) is 6.79 Å². The number of nitrogens with one attached hydrogen (secondary N) is 1. The van der Waals surface area contributed by atoms with Crippen molar-refractivity contribution < 1.29 is 38.0 Å². The molecule has 1 saturated carbocycles. The standard InChI is InChI=1S/C31H32FN3O8/c1-5-31(39)18-8-20-24-16(11-35(20)28(37)17(18)12-40-29(31)38)15(10-33-27(36)25(14-6-7-14)43-30(2,3)4)22-19(34-24)9-21-26(23(22)32)42-13-41-21/h8-9,14,25,39H,5-7,10-13H2,1-4H3,(H,33,36)/t25?,31-/m0/s1. The van der Waals surface area contributed by atoms with Gasteiger partial charge in [0, 0.05) is 29.1 Å². The highest BCUT2D eigenvalue weighted by Gasteiger charge is 2.46. The van der Waals surface area contributed by atoms with Crippen LogP contribution in [0.15, 0.2) is 16.9 Å². The van der Waals surface area contributed by atoms with Gasteiger partial charge in [0.1, 0.15) is 12.7 Å². The summed E-state index contributed by atoms with van der Waals surface area (Å²) in [5.41, 5.74) is -0.616. The number of amides is 1. The highest BCUT2D eigenvalue weighted by atomic mass is 19.1. The Morgan fingerprint density at radius 2 is 2.00 bits per heavy atom. The van der Waals surface area contributed by atoms with Crippen LogP contribution >= 0.6 is 0 Å². The van der Waals surface area contributed by atoms with E-state index in [1.54, 1.807) is 19.1 Å². The monoisotopic (exact) mass is 593 g/mol. The van der Waals surface area contributed by atoms with Crippen LogP contribution in [0.5, 0.6) is 11.5 Å². The van der Waals surface area contributed by atoms with Gasteiger partial charge in [0.15, 0.2) is 17.2 Å². The highest BCUT2D eigenvalue weighted by molar-refractivity contribution is 5.92. The van der Waals surface area contributed by atoms with Crippen molar-refractivity contribution in [1.29, 1.82) is 0 Å². The van der Waals surface area contributed by atoms with Gasteiger partial charge in [0.05, 0.1) is 34.6 Å². The molecule has 0 bridgehead atoms. The van der Waals surface area contributed by atoms with Crippen molar-refractivity contribution in [3.05, 3.63) is 50.6 Å². The van der Waals surface area contributed by atoms with Crippen LogP contribution in [0, 0.1) is 11.7 Å². The molecule has 1 fully saturated rings. The van der Waals surface area contributed by atoms with Gasteiger partial charge in [0.2, 0.25) is 18.4 Å². The van der Waals surface area contributed by atoms with E-state index in [9.17, 15) is 19.5 Å². The fourth-order valence-corrected chi connectivity index (χ4v) is 6.25. The van der Waals surface area contributed by atoms with Crippen LogP contribution in [0.2, 0.25) is 0 Å². The third kappa shape index (κ3) is 4.29. The molecule has 1 aliphatic carbocycles. The number of nitrogens with zero attached hydrogens (tertiary/aromatic N) is 2. The number of ether oxygens (including phenoxy) is 4. The van der Waals surface area contributed by atoms with Crippen LogP contribution in [0.1, 0.15) is 69.2 Å². The lowest BCUT2D eigenvalue weighted by Crippen LogP contribution is -2.44. The fourth-order valence-electron chi connectivity index (χ4n) is 6.25. The summed E-state index contributed by atoms with van der Waals surface area (Å²) in [4.78, 5) is 44.5. The van der Waals surface area contributed by atoms with E-state index in [-0.39, 0.29) is 78.3 Å². The number of aromatic nitrogens is 2. The summed E-state index contributed by atoms with van der Waals surface area (Å²) in [5.74, 6) is -1.52. The molecule has 3 aromatic rings. The number of esters is 1. The zero-order chi connectivity index (χ0) is 30.4. The molecule has 1 unspecified atom stereocenters. The minimum atomic E-state index is -1.98. The van der Waals surface area contributed by atoms with Crippen molar-refractivity contribution in [1.82, 2.24) is 14.9 Å². The Morgan fingerprint density at radius 1 is 1.23 bits per heavy atom. The first kappa shape index (κ1) is 27.8. The zero-order valence-electron chi connectivity index (χ0n) is 24.3. The molecule has 12 heteroatoms. The number of hydrogen-bond acceptors (Lipinski definition) is 9. The minimum absolute atomic E-state index is 0.00446. The molecular formula is C31H32FN3O8. The van der Waals surface area contributed by atoms with Crippen molar-refractivity contribution in [2.45, 2.75) is 84.0 Å².